The first-order valence-corrected chi connectivity index (χ1v) is 11.1. The Labute approximate surface area is 181 Å². The van der Waals surface area contributed by atoms with E-state index in [-0.39, 0.29) is 6.29 Å². The zero-order chi connectivity index (χ0) is 21.1. The molecule has 0 amide bonds. The molecule has 1 aliphatic heterocycles. The highest BCUT2D eigenvalue weighted by molar-refractivity contribution is 5.28. The summed E-state index contributed by atoms with van der Waals surface area (Å²) in [7, 11) is 3.47. The first-order valence-electron chi connectivity index (χ1n) is 11.1. The van der Waals surface area contributed by atoms with E-state index in [2.05, 4.69) is 24.3 Å². The van der Waals surface area contributed by atoms with Gasteiger partial charge in [-0.1, -0.05) is 30.3 Å². The molecule has 1 aromatic rings. The molecule has 1 aliphatic carbocycles. The molecular formula is C25H36O5. The molecule has 0 N–H and O–H groups in total. The van der Waals surface area contributed by atoms with E-state index in [4.69, 9.17) is 23.7 Å². The lowest BCUT2D eigenvalue weighted by molar-refractivity contribution is -0.163. The van der Waals surface area contributed by atoms with Gasteiger partial charge in [0, 0.05) is 13.2 Å². The molecule has 1 aromatic carbocycles. The smallest absolute Gasteiger partial charge is 0.157 e. The van der Waals surface area contributed by atoms with E-state index in [1.54, 1.807) is 14.2 Å². The molecule has 0 bridgehead atoms. The van der Waals surface area contributed by atoms with Gasteiger partial charge in [-0.25, -0.2) is 0 Å². The first-order chi connectivity index (χ1) is 14.8. The summed E-state index contributed by atoms with van der Waals surface area (Å²) < 4.78 is 29.4. The van der Waals surface area contributed by atoms with Crippen LogP contribution in [0.5, 0.6) is 0 Å². The van der Waals surface area contributed by atoms with Gasteiger partial charge in [0.2, 0.25) is 0 Å². The van der Waals surface area contributed by atoms with Gasteiger partial charge in [0.15, 0.2) is 6.29 Å². The summed E-state index contributed by atoms with van der Waals surface area (Å²) in [6.07, 6.45) is 11.2. The van der Waals surface area contributed by atoms with Crippen LogP contribution in [0.1, 0.15) is 50.5 Å². The fraction of sp³-hybridized carbons (Fsp3) is 0.600. The van der Waals surface area contributed by atoms with Crippen LogP contribution >= 0.6 is 0 Å². The third kappa shape index (κ3) is 6.10. The minimum absolute atomic E-state index is 0.0274. The molecule has 1 heterocycles. The van der Waals surface area contributed by atoms with E-state index in [0.29, 0.717) is 19.8 Å². The van der Waals surface area contributed by atoms with Crippen LogP contribution in [0.25, 0.3) is 0 Å². The van der Waals surface area contributed by atoms with Crippen molar-refractivity contribution < 1.29 is 23.7 Å². The summed E-state index contributed by atoms with van der Waals surface area (Å²) in [5.74, 6) is 1.87. The van der Waals surface area contributed by atoms with Crippen molar-refractivity contribution in [1.82, 2.24) is 0 Å². The zero-order valence-electron chi connectivity index (χ0n) is 18.4. The molecule has 2 aliphatic rings. The Kier molecular flexibility index (Phi) is 9.25. The Bertz CT molecular complexity index is 656. The SMILES string of the molecule is COC1=CCC=C(OC)C1(CCCCOC1CCCCO1)COCc1ccccc1. The molecule has 3 rings (SSSR count). The van der Waals surface area contributed by atoms with Gasteiger partial charge in [0.1, 0.15) is 16.9 Å². The molecule has 0 spiro atoms. The highest BCUT2D eigenvalue weighted by Gasteiger charge is 2.42. The topological polar surface area (TPSA) is 46.2 Å². The van der Waals surface area contributed by atoms with Gasteiger partial charge in [-0.15, -0.1) is 0 Å². The van der Waals surface area contributed by atoms with Crippen molar-refractivity contribution in [3.8, 4) is 0 Å². The van der Waals surface area contributed by atoms with Crippen LogP contribution in [0, 0.1) is 5.41 Å². The Morgan fingerprint density at radius 2 is 1.77 bits per heavy atom. The van der Waals surface area contributed by atoms with Crippen molar-refractivity contribution >= 4 is 0 Å². The quantitative estimate of drug-likeness (QED) is 0.429. The standard InChI is InChI=1S/C25H36O5/c1-26-22-13-10-14-23(27-2)25(22,20-28-19-21-11-4-3-5-12-21)16-7-9-18-30-24-15-6-8-17-29-24/h3-5,11-14,24H,6-10,15-20H2,1-2H3. The Hall–Kier alpha value is -1.82. The van der Waals surface area contributed by atoms with Crippen LogP contribution in [0.2, 0.25) is 0 Å². The summed E-state index contributed by atoms with van der Waals surface area (Å²) >= 11 is 0. The number of methoxy groups -OCH3 is 2. The normalized spacial score (nSPS) is 20.9. The average Bonchev–Trinajstić information content (AvgIpc) is 2.80. The second-order valence-corrected chi connectivity index (χ2v) is 7.97. The van der Waals surface area contributed by atoms with Crippen molar-refractivity contribution in [2.24, 2.45) is 5.41 Å². The maximum absolute atomic E-state index is 6.19. The summed E-state index contributed by atoms with van der Waals surface area (Å²) in [5.41, 5.74) is 0.771. The number of unbranched alkanes of at least 4 members (excludes halogenated alkanes) is 1. The lowest BCUT2D eigenvalue weighted by Gasteiger charge is -2.38. The molecule has 30 heavy (non-hydrogen) atoms. The minimum Gasteiger partial charge on any atom is -0.500 e. The molecule has 0 saturated carbocycles. The molecule has 1 saturated heterocycles. The van der Waals surface area contributed by atoms with Crippen LogP contribution < -0.4 is 0 Å². The van der Waals surface area contributed by atoms with Crippen LogP contribution in [0.15, 0.2) is 54.0 Å². The number of benzene rings is 1. The van der Waals surface area contributed by atoms with Crippen LogP contribution in [-0.4, -0.2) is 40.3 Å². The molecule has 1 fully saturated rings. The van der Waals surface area contributed by atoms with Gasteiger partial charge >= 0.3 is 0 Å². The van der Waals surface area contributed by atoms with Crippen molar-refractivity contribution in [1.29, 1.82) is 0 Å². The van der Waals surface area contributed by atoms with E-state index in [1.807, 2.05) is 18.2 Å². The first kappa shape index (κ1) is 22.9. The van der Waals surface area contributed by atoms with Gasteiger partial charge in [-0.2, -0.15) is 0 Å². The fourth-order valence-electron chi connectivity index (χ4n) is 4.31. The van der Waals surface area contributed by atoms with Crippen molar-refractivity contribution in [3.05, 3.63) is 59.6 Å². The predicted octanol–water partition coefficient (Wildman–Crippen LogP) is 5.37. The Morgan fingerprint density at radius 1 is 1.00 bits per heavy atom. The van der Waals surface area contributed by atoms with E-state index >= 15 is 0 Å². The molecule has 166 valence electrons. The van der Waals surface area contributed by atoms with Crippen LogP contribution in [0.4, 0.5) is 0 Å². The van der Waals surface area contributed by atoms with Crippen molar-refractivity contribution in [2.75, 3.05) is 34.0 Å². The molecule has 1 unspecified atom stereocenters. The molecule has 5 heteroatoms. The number of hydrogen-bond donors (Lipinski definition) is 0. The lowest BCUT2D eigenvalue weighted by Crippen LogP contribution is -2.35. The largest absolute Gasteiger partial charge is 0.500 e. The number of ether oxygens (including phenoxy) is 5. The molecular weight excluding hydrogens is 380 g/mol. The van der Waals surface area contributed by atoms with Gasteiger partial charge in [0.05, 0.1) is 27.4 Å². The molecule has 0 radical (unpaired) electrons. The Balaban J connectivity index is 1.57. The number of hydrogen-bond acceptors (Lipinski definition) is 5. The minimum atomic E-state index is -0.391. The highest BCUT2D eigenvalue weighted by Crippen LogP contribution is 2.44. The van der Waals surface area contributed by atoms with Crippen molar-refractivity contribution in [2.45, 2.75) is 57.8 Å². The summed E-state index contributed by atoms with van der Waals surface area (Å²) in [4.78, 5) is 0. The van der Waals surface area contributed by atoms with Gasteiger partial charge < -0.3 is 23.7 Å². The molecule has 0 aromatic heterocycles. The maximum Gasteiger partial charge on any atom is 0.157 e. The third-order valence-corrected chi connectivity index (χ3v) is 5.89. The second kappa shape index (κ2) is 12.1. The lowest BCUT2D eigenvalue weighted by atomic mass is 9.76. The third-order valence-electron chi connectivity index (χ3n) is 5.89. The second-order valence-electron chi connectivity index (χ2n) is 7.97. The monoisotopic (exact) mass is 416 g/mol. The average molecular weight is 417 g/mol. The fourth-order valence-corrected chi connectivity index (χ4v) is 4.31. The predicted molar refractivity (Wildman–Crippen MR) is 117 cm³/mol. The van der Waals surface area contributed by atoms with E-state index in [9.17, 15) is 0 Å². The van der Waals surface area contributed by atoms with Gasteiger partial charge in [-0.3, -0.25) is 0 Å². The summed E-state index contributed by atoms with van der Waals surface area (Å²) in [5, 5.41) is 0. The van der Waals surface area contributed by atoms with Crippen LogP contribution in [-0.2, 0) is 30.3 Å². The number of allylic oxidation sites excluding steroid dienone is 2. The van der Waals surface area contributed by atoms with Gasteiger partial charge in [-0.05, 0) is 62.7 Å². The van der Waals surface area contributed by atoms with E-state index in [1.165, 1.54) is 6.42 Å². The maximum atomic E-state index is 6.19. The van der Waals surface area contributed by atoms with E-state index in [0.717, 1.165) is 62.2 Å². The van der Waals surface area contributed by atoms with Crippen LogP contribution in [0.3, 0.4) is 0 Å². The number of rotatable bonds is 12. The van der Waals surface area contributed by atoms with Crippen molar-refractivity contribution in [3.63, 3.8) is 0 Å². The van der Waals surface area contributed by atoms with E-state index < -0.39 is 5.41 Å². The Morgan fingerprint density at radius 3 is 2.43 bits per heavy atom. The highest BCUT2D eigenvalue weighted by atomic mass is 16.7. The zero-order valence-corrected chi connectivity index (χ0v) is 18.4. The molecule has 1 atom stereocenters. The summed E-state index contributed by atoms with van der Waals surface area (Å²) in [6, 6.07) is 10.2. The summed E-state index contributed by atoms with van der Waals surface area (Å²) in [6.45, 7) is 2.62. The van der Waals surface area contributed by atoms with Gasteiger partial charge in [0.25, 0.3) is 0 Å². The molecule has 5 nitrogen and oxygen atoms in total.